The van der Waals surface area contributed by atoms with Crippen molar-refractivity contribution in [2.75, 3.05) is 19.6 Å². The number of hydrogen-bond donors (Lipinski definition) is 2. The summed E-state index contributed by atoms with van der Waals surface area (Å²) in [5, 5.41) is 18.8. The highest BCUT2D eigenvalue weighted by molar-refractivity contribution is 5.97. The Morgan fingerprint density at radius 3 is 2.67 bits per heavy atom. The van der Waals surface area contributed by atoms with Crippen molar-refractivity contribution in [1.29, 1.82) is 0 Å². The van der Waals surface area contributed by atoms with Crippen LogP contribution in [0.4, 0.5) is 0 Å². The standard InChI is InChI=1S/C14H19NO3/c1-10-8-15(7-6-13(10)17)9-14(18)11-2-4-12(16)5-3-11/h2-5,10,13,16-17H,6-9H2,1H3. The van der Waals surface area contributed by atoms with E-state index in [1.807, 2.05) is 6.92 Å². The number of carbonyl (C=O) groups excluding carboxylic acids is 1. The van der Waals surface area contributed by atoms with Crippen molar-refractivity contribution in [3.8, 4) is 5.75 Å². The van der Waals surface area contributed by atoms with Crippen LogP contribution < -0.4 is 0 Å². The molecule has 1 aromatic carbocycles. The number of nitrogens with zero attached hydrogens (tertiary/aromatic N) is 1. The monoisotopic (exact) mass is 249 g/mol. The largest absolute Gasteiger partial charge is 0.508 e. The maximum absolute atomic E-state index is 12.0. The Morgan fingerprint density at radius 2 is 2.06 bits per heavy atom. The molecular formula is C14H19NO3. The molecule has 98 valence electrons. The van der Waals surface area contributed by atoms with Gasteiger partial charge in [-0.3, -0.25) is 9.69 Å². The first kappa shape index (κ1) is 13.1. The summed E-state index contributed by atoms with van der Waals surface area (Å²) < 4.78 is 0. The van der Waals surface area contributed by atoms with Crippen LogP contribution in [0.3, 0.4) is 0 Å². The number of piperidine rings is 1. The molecule has 2 N–H and O–H groups in total. The average Bonchev–Trinajstić information content (AvgIpc) is 2.34. The number of ketones is 1. The molecule has 0 bridgehead atoms. The number of aliphatic hydroxyl groups is 1. The molecule has 0 saturated carbocycles. The quantitative estimate of drug-likeness (QED) is 0.792. The molecule has 2 unspecified atom stereocenters. The minimum Gasteiger partial charge on any atom is -0.508 e. The zero-order valence-electron chi connectivity index (χ0n) is 10.5. The zero-order chi connectivity index (χ0) is 13.1. The normalized spacial score (nSPS) is 25.0. The van der Waals surface area contributed by atoms with Crippen LogP contribution in [-0.2, 0) is 0 Å². The van der Waals surface area contributed by atoms with Crippen molar-refractivity contribution < 1.29 is 15.0 Å². The minimum atomic E-state index is -0.245. The van der Waals surface area contributed by atoms with Crippen molar-refractivity contribution in [3.05, 3.63) is 29.8 Å². The second kappa shape index (κ2) is 5.50. The summed E-state index contributed by atoms with van der Waals surface area (Å²) in [6, 6.07) is 6.32. The van der Waals surface area contributed by atoms with Crippen LogP contribution in [0.1, 0.15) is 23.7 Å². The van der Waals surface area contributed by atoms with Gasteiger partial charge < -0.3 is 10.2 Å². The molecule has 1 aliphatic rings. The second-order valence-electron chi connectivity index (χ2n) is 5.04. The molecule has 1 heterocycles. The minimum absolute atomic E-state index is 0.0542. The van der Waals surface area contributed by atoms with Gasteiger partial charge in [0.25, 0.3) is 0 Å². The van der Waals surface area contributed by atoms with Gasteiger partial charge in [0.15, 0.2) is 5.78 Å². The summed E-state index contributed by atoms with van der Waals surface area (Å²) in [4.78, 5) is 14.1. The van der Waals surface area contributed by atoms with Crippen LogP contribution in [0.5, 0.6) is 5.75 Å². The third-order valence-electron chi connectivity index (χ3n) is 3.50. The molecule has 1 saturated heterocycles. The third kappa shape index (κ3) is 3.09. The van der Waals surface area contributed by atoms with Crippen LogP contribution in [0.15, 0.2) is 24.3 Å². The lowest BCUT2D eigenvalue weighted by molar-refractivity contribution is 0.0344. The first-order chi connectivity index (χ1) is 8.56. The van der Waals surface area contributed by atoms with Gasteiger partial charge in [-0.15, -0.1) is 0 Å². The predicted molar refractivity (Wildman–Crippen MR) is 68.7 cm³/mol. The molecule has 0 aliphatic carbocycles. The summed E-state index contributed by atoms with van der Waals surface area (Å²) in [6.07, 6.45) is 0.481. The molecule has 0 radical (unpaired) electrons. The van der Waals surface area contributed by atoms with E-state index in [4.69, 9.17) is 0 Å². The number of hydrogen-bond acceptors (Lipinski definition) is 4. The van der Waals surface area contributed by atoms with Gasteiger partial charge in [-0.05, 0) is 36.6 Å². The molecule has 4 nitrogen and oxygen atoms in total. The molecular weight excluding hydrogens is 230 g/mol. The molecule has 4 heteroatoms. The summed E-state index contributed by atoms with van der Waals surface area (Å²) in [5.74, 6) is 0.436. The number of phenolic OH excluding ortho intramolecular Hbond substituents is 1. The molecule has 18 heavy (non-hydrogen) atoms. The molecule has 0 spiro atoms. The lowest BCUT2D eigenvalue weighted by Gasteiger charge is -2.33. The van der Waals surface area contributed by atoms with Crippen molar-refractivity contribution in [1.82, 2.24) is 4.90 Å². The van der Waals surface area contributed by atoms with Crippen molar-refractivity contribution >= 4 is 5.78 Å². The number of Topliss-reactive ketones (excluding diaryl/α,β-unsaturated/α-hetero) is 1. The molecule has 1 aliphatic heterocycles. The van der Waals surface area contributed by atoms with Gasteiger partial charge in [0, 0.05) is 18.7 Å². The number of likely N-dealkylation sites (tertiary alicyclic amines) is 1. The van der Waals surface area contributed by atoms with E-state index >= 15 is 0 Å². The summed E-state index contributed by atoms with van der Waals surface area (Å²) in [7, 11) is 0. The van der Waals surface area contributed by atoms with Gasteiger partial charge in [0.1, 0.15) is 5.75 Å². The summed E-state index contributed by atoms with van der Waals surface area (Å²) in [6.45, 7) is 3.89. The fourth-order valence-electron chi connectivity index (χ4n) is 2.30. The van der Waals surface area contributed by atoms with Gasteiger partial charge in [0.05, 0.1) is 12.6 Å². The van der Waals surface area contributed by atoms with Crippen LogP contribution >= 0.6 is 0 Å². The third-order valence-corrected chi connectivity index (χ3v) is 3.50. The Kier molecular flexibility index (Phi) is 3.99. The fraction of sp³-hybridized carbons (Fsp3) is 0.500. The van der Waals surface area contributed by atoms with Gasteiger partial charge in [0.2, 0.25) is 0 Å². The molecule has 2 rings (SSSR count). The number of carbonyl (C=O) groups is 1. The number of aliphatic hydroxyl groups excluding tert-OH is 1. The summed E-state index contributed by atoms with van der Waals surface area (Å²) in [5.41, 5.74) is 0.617. The van der Waals surface area contributed by atoms with E-state index in [1.54, 1.807) is 12.1 Å². The topological polar surface area (TPSA) is 60.8 Å². The fourth-order valence-corrected chi connectivity index (χ4v) is 2.30. The van der Waals surface area contributed by atoms with Gasteiger partial charge in [-0.25, -0.2) is 0 Å². The van der Waals surface area contributed by atoms with Gasteiger partial charge >= 0.3 is 0 Å². The Hall–Kier alpha value is -1.39. The Bertz CT molecular complexity index is 416. The highest BCUT2D eigenvalue weighted by Gasteiger charge is 2.25. The Balaban J connectivity index is 1.93. The highest BCUT2D eigenvalue weighted by atomic mass is 16.3. The highest BCUT2D eigenvalue weighted by Crippen LogP contribution is 2.17. The molecule has 0 aromatic heterocycles. The van der Waals surface area contributed by atoms with E-state index in [0.29, 0.717) is 12.1 Å². The van der Waals surface area contributed by atoms with Crippen LogP contribution in [0.2, 0.25) is 0 Å². The van der Waals surface area contributed by atoms with E-state index in [-0.39, 0.29) is 23.6 Å². The second-order valence-corrected chi connectivity index (χ2v) is 5.04. The number of aromatic hydroxyl groups is 1. The smallest absolute Gasteiger partial charge is 0.176 e. The van der Waals surface area contributed by atoms with Crippen LogP contribution in [0.25, 0.3) is 0 Å². The van der Waals surface area contributed by atoms with E-state index in [0.717, 1.165) is 19.5 Å². The molecule has 1 aromatic rings. The maximum Gasteiger partial charge on any atom is 0.176 e. The predicted octanol–water partition coefficient (Wildman–Crippen LogP) is 1.28. The van der Waals surface area contributed by atoms with E-state index in [1.165, 1.54) is 12.1 Å². The average molecular weight is 249 g/mol. The molecule has 0 amide bonds. The molecule has 2 atom stereocenters. The molecule has 1 fully saturated rings. The van der Waals surface area contributed by atoms with Crippen molar-refractivity contribution in [3.63, 3.8) is 0 Å². The number of benzene rings is 1. The van der Waals surface area contributed by atoms with Crippen LogP contribution in [0, 0.1) is 5.92 Å². The van der Waals surface area contributed by atoms with E-state index in [2.05, 4.69) is 4.90 Å². The Labute approximate surface area is 107 Å². The van der Waals surface area contributed by atoms with Crippen molar-refractivity contribution in [2.24, 2.45) is 5.92 Å². The van der Waals surface area contributed by atoms with Crippen LogP contribution in [-0.4, -0.2) is 46.6 Å². The lowest BCUT2D eigenvalue weighted by Crippen LogP contribution is -2.44. The SMILES string of the molecule is CC1CN(CC(=O)c2ccc(O)cc2)CCC1O. The summed E-state index contributed by atoms with van der Waals surface area (Å²) >= 11 is 0. The first-order valence-corrected chi connectivity index (χ1v) is 6.29. The Morgan fingerprint density at radius 1 is 1.39 bits per heavy atom. The number of rotatable bonds is 3. The maximum atomic E-state index is 12.0. The number of phenols is 1. The van der Waals surface area contributed by atoms with Crippen molar-refractivity contribution in [2.45, 2.75) is 19.4 Å². The first-order valence-electron chi connectivity index (χ1n) is 6.29. The van der Waals surface area contributed by atoms with E-state index < -0.39 is 0 Å². The van der Waals surface area contributed by atoms with E-state index in [9.17, 15) is 15.0 Å². The zero-order valence-corrected chi connectivity index (χ0v) is 10.5. The van der Waals surface area contributed by atoms with Gasteiger partial charge in [-0.1, -0.05) is 6.92 Å². The lowest BCUT2D eigenvalue weighted by atomic mass is 9.96. The van der Waals surface area contributed by atoms with Gasteiger partial charge in [-0.2, -0.15) is 0 Å².